The van der Waals surface area contributed by atoms with Gasteiger partial charge in [0.1, 0.15) is 5.75 Å². The molecule has 1 aliphatic rings. The Morgan fingerprint density at radius 3 is 2.44 bits per heavy atom. The Morgan fingerprint density at radius 2 is 1.85 bits per heavy atom. The molecule has 0 aliphatic heterocycles. The average Bonchev–Trinajstić information content (AvgIpc) is 2.62. The van der Waals surface area contributed by atoms with Crippen LogP contribution in [0.3, 0.4) is 0 Å². The lowest BCUT2D eigenvalue weighted by Crippen LogP contribution is -2.45. The largest absolute Gasteiger partial charge is 0.494 e. The molecule has 2 amide bonds. The van der Waals surface area contributed by atoms with Gasteiger partial charge in [0.15, 0.2) is 0 Å². The van der Waals surface area contributed by atoms with Gasteiger partial charge in [0.05, 0.1) is 18.6 Å². The van der Waals surface area contributed by atoms with Crippen molar-refractivity contribution in [3.8, 4) is 5.75 Å². The second kappa shape index (κ2) is 10.2. The highest BCUT2D eigenvalue weighted by Crippen LogP contribution is 2.30. The molecule has 2 rings (SSSR count). The fourth-order valence-corrected chi connectivity index (χ4v) is 3.66. The number of benzene rings is 1. The number of rotatable bonds is 8. The molecule has 0 radical (unpaired) electrons. The summed E-state index contributed by atoms with van der Waals surface area (Å²) in [4.78, 5) is 23.6. The van der Waals surface area contributed by atoms with Crippen molar-refractivity contribution in [3.05, 3.63) is 29.8 Å². The monoisotopic (exact) mass is 376 g/mol. The number of aliphatic carboxylic acids is 1. The molecule has 1 aromatic rings. The molecule has 1 atom stereocenters. The van der Waals surface area contributed by atoms with Gasteiger partial charge < -0.3 is 20.5 Å². The van der Waals surface area contributed by atoms with Gasteiger partial charge in [-0.05, 0) is 51.0 Å². The number of carbonyl (C=O) groups is 2. The molecular weight excluding hydrogens is 344 g/mol. The van der Waals surface area contributed by atoms with Crippen LogP contribution in [-0.4, -0.2) is 29.8 Å². The van der Waals surface area contributed by atoms with Gasteiger partial charge in [0.2, 0.25) is 0 Å². The molecule has 1 aliphatic carbocycles. The van der Waals surface area contributed by atoms with Gasteiger partial charge >= 0.3 is 12.0 Å². The summed E-state index contributed by atoms with van der Waals surface area (Å²) in [6.07, 6.45) is 3.44. The lowest BCUT2D eigenvalue weighted by atomic mass is 9.86. The molecule has 1 unspecified atom stereocenters. The lowest BCUT2D eigenvalue weighted by Gasteiger charge is -2.29. The van der Waals surface area contributed by atoms with Crippen LogP contribution in [0, 0.1) is 11.8 Å². The number of carboxylic acids is 1. The molecule has 0 bridgehead atoms. The Kier molecular flexibility index (Phi) is 7.95. The van der Waals surface area contributed by atoms with Crippen molar-refractivity contribution in [2.45, 2.75) is 65.0 Å². The van der Waals surface area contributed by atoms with Crippen molar-refractivity contribution in [2.24, 2.45) is 11.8 Å². The summed E-state index contributed by atoms with van der Waals surface area (Å²) in [5, 5.41) is 15.2. The first-order valence-electron chi connectivity index (χ1n) is 9.92. The molecule has 150 valence electrons. The SMILES string of the molecule is CCOc1ccccc1C(CC(C)C)NC(=O)NC1CCC(C(=O)O)CC1. The molecule has 1 saturated carbocycles. The molecule has 27 heavy (non-hydrogen) atoms. The third kappa shape index (κ3) is 6.45. The maximum atomic E-state index is 12.6. The number of hydrogen-bond acceptors (Lipinski definition) is 3. The predicted molar refractivity (Wildman–Crippen MR) is 105 cm³/mol. The number of urea groups is 1. The van der Waals surface area contributed by atoms with Crippen molar-refractivity contribution in [1.29, 1.82) is 0 Å². The van der Waals surface area contributed by atoms with Crippen LogP contribution >= 0.6 is 0 Å². The summed E-state index contributed by atoms with van der Waals surface area (Å²) in [5.74, 6) is 0.198. The van der Waals surface area contributed by atoms with Gasteiger partial charge in [-0.1, -0.05) is 32.0 Å². The Balaban J connectivity index is 2.00. The van der Waals surface area contributed by atoms with Crippen LogP contribution in [0.1, 0.15) is 64.5 Å². The number of carbonyl (C=O) groups excluding carboxylic acids is 1. The highest BCUT2D eigenvalue weighted by molar-refractivity contribution is 5.75. The minimum Gasteiger partial charge on any atom is -0.494 e. The van der Waals surface area contributed by atoms with E-state index >= 15 is 0 Å². The van der Waals surface area contributed by atoms with Crippen LogP contribution in [0.2, 0.25) is 0 Å². The minimum atomic E-state index is -0.734. The van der Waals surface area contributed by atoms with Gasteiger partial charge in [-0.3, -0.25) is 4.79 Å². The van der Waals surface area contributed by atoms with Crippen LogP contribution in [0.25, 0.3) is 0 Å². The van der Waals surface area contributed by atoms with Crippen LogP contribution in [0.4, 0.5) is 4.79 Å². The van der Waals surface area contributed by atoms with Crippen molar-refractivity contribution < 1.29 is 19.4 Å². The number of nitrogens with one attached hydrogen (secondary N) is 2. The summed E-state index contributed by atoms with van der Waals surface area (Å²) in [6.45, 7) is 6.78. The van der Waals surface area contributed by atoms with E-state index in [1.165, 1.54) is 0 Å². The normalized spacial score (nSPS) is 20.7. The third-order valence-corrected chi connectivity index (χ3v) is 5.02. The van der Waals surface area contributed by atoms with E-state index in [2.05, 4.69) is 24.5 Å². The van der Waals surface area contributed by atoms with E-state index in [4.69, 9.17) is 9.84 Å². The van der Waals surface area contributed by atoms with E-state index in [1.807, 2.05) is 31.2 Å². The van der Waals surface area contributed by atoms with Gasteiger partial charge in [-0.2, -0.15) is 0 Å². The van der Waals surface area contributed by atoms with Crippen molar-refractivity contribution in [2.75, 3.05) is 6.61 Å². The zero-order valence-corrected chi connectivity index (χ0v) is 16.5. The van der Waals surface area contributed by atoms with E-state index in [0.717, 1.165) is 17.7 Å². The van der Waals surface area contributed by atoms with Crippen molar-refractivity contribution in [3.63, 3.8) is 0 Å². The van der Waals surface area contributed by atoms with Crippen LogP contribution < -0.4 is 15.4 Å². The second-order valence-corrected chi connectivity index (χ2v) is 7.66. The van der Waals surface area contributed by atoms with Crippen LogP contribution in [0.15, 0.2) is 24.3 Å². The topological polar surface area (TPSA) is 87.7 Å². The first-order valence-corrected chi connectivity index (χ1v) is 9.92. The minimum absolute atomic E-state index is 0.0300. The molecule has 0 saturated heterocycles. The first-order chi connectivity index (χ1) is 12.9. The number of hydrogen-bond donors (Lipinski definition) is 3. The summed E-state index contributed by atoms with van der Waals surface area (Å²) >= 11 is 0. The molecular formula is C21H32N2O4. The number of para-hydroxylation sites is 1. The van der Waals surface area contributed by atoms with Crippen LogP contribution in [0.5, 0.6) is 5.75 Å². The fourth-order valence-electron chi connectivity index (χ4n) is 3.66. The molecule has 1 aromatic carbocycles. The summed E-state index contributed by atoms with van der Waals surface area (Å²) < 4.78 is 5.74. The Hall–Kier alpha value is -2.24. The van der Waals surface area contributed by atoms with Crippen molar-refractivity contribution >= 4 is 12.0 Å². The number of amides is 2. The molecule has 1 fully saturated rings. The zero-order chi connectivity index (χ0) is 19.8. The predicted octanol–water partition coefficient (Wildman–Crippen LogP) is 4.12. The van der Waals surface area contributed by atoms with Gasteiger partial charge in [-0.15, -0.1) is 0 Å². The molecule has 6 heteroatoms. The maximum Gasteiger partial charge on any atom is 0.315 e. The molecule has 0 aromatic heterocycles. The maximum absolute atomic E-state index is 12.6. The van der Waals surface area contributed by atoms with Crippen LogP contribution in [-0.2, 0) is 4.79 Å². The van der Waals surface area contributed by atoms with E-state index in [1.54, 1.807) is 0 Å². The third-order valence-electron chi connectivity index (χ3n) is 5.02. The first kappa shape index (κ1) is 21.1. The van der Waals surface area contributed by atoms with Crippen molar-refractivity contribution in [1.82, 2.24) is 10.6 Å². The van der Waals surface area contributed by atoms with Gasteiger partial charge in [0, 0.05) is 11.6 Å². The zero-order valence-electron chi connectivity index (χ0n) is 16.5. The Morgan fingerprint density at radius 1 is 1.19 bits per heavy atom. The van der Waals surface area contributed by atoms with E-state index in [9.17, 15) is 9.59 Å². The lowest BCUT2D eigenvalue weighted by molar-refractivity contribution is -0.142. The summed E-state index contributed by atoms with van der Waals surface area (Å²) in [5.41, 5.74) is 0.984. The second-order valence-electron chi connectivity index (χ2n) is 7.66. The van der Waals surface area contributed by atoms with Gasteiger partial charge in [0.25, 0.3) is 0 Å². The average molecular weight is 376 g/mol. The Bertz CT molecular complexity index is 624. The number of carboxylic acid groups (broad SMARTS) is 1. The molecule has 0 spiro atoms. The van der Waals surface area contributed by atoms with E-state index < -0.39 is 5.97 Å². The summed E-state index contributed by atoms with van der Waals surface area (Å²) in [7, 11) is 0. The van der Waals surface area contributed by atoms with E-state index in [0.29, 0.717) is 38.2 Å². The van der Waals surface area contributed by atoms with E-state index in [-0.39, 0.29) is 24.0 Å². The molecule has 0 heterocycles. The van der Waals surface area contributed by atoms with Gasteiger partial charge in [-0.25, -0.2) is 4.79 Å². The Labute approximate surface area is 161 Å². The smallest absolute Gasteiger partial charge is 0.315 e. The quantitative estimate of drug-likeness (QED) is 0.637. The standard InChI is InChI=1S/C21H32N2O4/c1-4-27-19-8-6-5-7-17(19)18(13-14(2)3)23-21(26)22-16-11-9-15(10-12-16)20(24)25/h5-8,14-16,18H,4,9-13H2,1-3H3,(H,24,25)(H2,22,23,26). The highest BCUT2D eigenvalue weighted by Gasteiger charge is 2.27. The highest BCUT2D eigenvalue weighted by atomic mass is 16.5. The fraction of sp³-hybridized carbons (Fsp3) is 0.619. The number of ether oxygens (including phenoxy) is 1. The summed E-state index contributed by atoms with van der Waals surface area (Å²) in [6, 6.07) is 7.51. The molecule has 3 N–H and O–H groups in total. The molecule has 6 nitrogen and oxygen atoms in total.